The van der Waals surface area contributed by atoms with Gasteiger partial charge in [0.15, 0.2) is 0 Å². The van der Waals surface area contributed by atoms with Crippen LogP contribution in [0.25, 0.3) is 0 Å². The molecule has 1 saturated heterocycles. The fraction of sp³-hybridized carbons (Fsp3) is 0.545. The molecule has 0 bridgehead atoms. The number of carbonyl (C=O) groups is 1. The standard InChI is InChI=1S/C11H14O4S/c12-11(13)10-8(3-5-16-10)6-14-7-9-2-1-4-15-9/h3,5,9H,1-2,4,6-7H2,(H,12,13). The van der Waals surface area contributed by atoms with Gasteiger partial charge in [-0.05, 0) is 24.3 Å². The fourth-order valence-electron chi connectivity index (χ4n) is 1.71. The molecule has 2 heterocycles. The summed E-state index contributed by atoms with van der Waals surface area (Å²) >= 11 is 1.23. The molecule has 5 heteroatoms. The van der Waals surface area contributed by atoms with E-state index < -0.39 is 5.97 Å². The normalized spacial score (nSPS) is 20.1. The van der Waals surface area contributed by atoms with Gasteiger partial charge in [0.1, 0.15) is 4.88 Å². The maximum Gasteiger partial charge on any atom is 0.346 e. The van der Waals surface area contributed by atoms with E-state index in [-0.39, 0.29) is 6.10 Å². The van der Waals surface area contributed by atoms with Crippen LogP contribution in [0.5, 0.6) is 0 Å². The summed E-state index contributed by atoms with van der Waals surface area (Å²) in [6.45, 7) is 1.72. The molecule has 0 radical (unpaired) electrons. The average Bonchev–Trinajstić information content (AvgIpc) is 2.87. The third-order valence-electron chi connectivity index (χ3n) is 2.53. The third kappa shape index (κ3) is 2.81. The molecule has 1 aromatic heterocycles. The highest BCUT2D eigenvalue weighted by atomic mass is 32.1. The summed E-state index contributed by atoms with van der Waals surface area (Å²) in [5.41, 5.74) is 0.746. The molecule has 1 aliphatic heterocycles. The lowest BCUT2D eigenvalue weighted by molar-refractivity contribution is 0.0104. The Balaban J connectivity index is 1.80. The zero-order valence-electron chi connectivity index (χ0n) is 8.85. The summed E-state index contributed by atoms with van der Waals surface area (Å²) in [5, 5.41) is 10.7. The molecular weight excluding hydrogens is 228 g/mol. The average molecular weight is 242 g/mol. The summed E-state index contributed by atoms with van der Waals surface area (Å²) < 4.78 is 10.9. The molecule has 4 nitrogen and oxygen atoms in total. The Kier molecular flexibility index (Phi) is 3.93. The lowest BCUT2D eigenvalue weighted by Gasteiger charge is -2.09. The van der Waals surface area contributed by atoms with E-state index in [1.807, 2.05) is 0 Å². The predicted octanol–water partition coefficient (Wildman–Crippen LogP) is 2.14. The van der Waals surface area contributed by atoms with Crippen molar-refractivity contribution in [1.29, 1.82) is 0 Å². The van der Waals surface area contributed by atoms with E-state index in [1.54, 1.807) is 11.4 Å². The number of hydrogen-bond acceptors (Lipinski definition) is 4. The lowest BCUT2D eigenvalue weighted by Crippen LogP contribution is -2.14. The predicted molar refractivity (Wildman–Crippen MR) is 59.9 cm³/mol. The third-order valence-corrected chi connectivity index (χ3v) is 3.47. The van der Waals surface area contributed by atoms with Gasteiger partial charge in [0, 0.05) is 12.2 Å². The highest BCUT2D eigenvalue weighted by molar-refractivity contribution is 7.12. The molecule has 1 atom stereocenters. The molecule has 1 aromatic rings. The summed E-state index contributed by atoms with van der Waals surface area (Å²) in [6.07, 6.45) is 2.31. The van der Waals surface area contributed by atoms with Gasteiger partial charge in [-0.3, -0.25) is 0 Å². The van der Waals surface area contributed by atoms with Crippen molar-refractivity contribution >= 4 is 17.3 Å². The summed E-state index contributed by atoms with van der Waals surface area (Å²) in [7, 11) is 0. The van der Waals surface area contributed by atoms with Gasteiger partial charge in [-0.25, -0.2) is 4.79 Å². The number of hydrogen-bond donors (Lipinski definition) is 1. The molecule has 1 fully saturated rings. The van der Waals surface area contributed by atoms with E-state index in [4.69, 9.17) is 14.6 Å². The van der Waals surface area contributed by atoms with Crippen molar-refractivity contribution < 1.29 is 19.4 Å². The number of aromatic carboxylic acids is 1. The van der Waals surface area contributed by atoms with Gasteiger partial charge in [-0.1, -0.05) is 0 Å². The molecule has 16 heavy (non-hydrogen) atoms. The second kappa shape index (κ2) is 5.43. The van der Waals surface area contributed by atoms with Crippen molar-refractivity contribution in [2.75, 3.05) is 13.2 Å². The van der Waals surface area contributed by atoms with Crippen molar-refractivity contribution in [3.8, 4) is 0 Å². The Bertz CT molecular complexity index is 355. The molecule has 0 aromatic carbocycles. The Hall–Kier alpha value is -0.910. The Labute approximate surface area is 97.8 Å². The van der Waals surface area contributed by atoms with E-state index >= 15 is 0 Å². The monoisotopic (exact) mass is 242 g/mol. The first-order valence-corrected chi connectivity index (χ1v) is 6.14. The maximum atomic E-state index is 10.8. The van der Waals surface area contributed by atoms with E-state index in [1.165, 1.54) is 11.3 Å². The number of carboxylic acids is 1. The number of rotatable bonds is 5. The molecule has 0 aliphatic carbocycles. The van der Waals surface area contributed by atoms with Crippen molar-refractivity contribution in [2.45, 2.75) is 25.6 Å². The topological polar surface area (TPSA) is 55.8 Å². The number of thiophene rings is 1. The van der Waals surface area contributed by atoms with Crippen molar-refractivity contribution in [1.82, 2.24) is 0 Å². The van der Waals surface area contributed by atoms with Crippen LogP contribution in [0.3, 0.4) is 0 Å². The summed E-state index contributed by atoms with van der Waals surface area (Å²) in [4.78, 5) is 11.2. The number of carboxylic acid groups (broad SMARTS) is 1. The molecule has 0 spiro atoms. The first-order valence-electron chi connectivity index (χ1n) is 5.26. The van der Waals surface area contributed by atoms with E-state index in [0.29, 0.717) is 18.1 Å². The summed E-state index contributed by atoms with van der Waals surface area (Å²) in [6, 6.07) is 1.80. The van der Waals surface area contributed by atoms with Gasteiger partial charge in [0.25, 0.3) is 0 Å². The Morgan fingerprint density at radius 1 is 1.69 bits per heavy atom. The second-order valence-electron chi connectivity index (χ2n) is 3.73. The van der Waals surface area contributed by atoms with Gasteiger partial charge in [0.05, 0.1) is 19.3 Å². The zero-order valence-corrected chi connectivity index (χ0v) is 9.66. The van der Waals surface area contributed by atoms with Gasteiger partial charge in [-0.15, -0.1) is 11.3 Å². The van der Waals surface area contributed by atoms with Gasteiger partial charge < -0.3 is 14.6 Å². The first-order chi connectivity index (χ1) is 7.77. The van der Waals surface area contributed by atoms with Gasteiger partial charge in [-0.2, -0.15) is 0 Å². The Morgan fingerprint density at radius 2 is 2.56 bits per heavy atom. The van der Waals surface area contributed by atoms with E-state index in [2.05, 4.69) is 0 Å². The van der Waals surface area contributed by atoms with Crippen LogP contribution < -0.4 is 0 Å². The summed E-state index contributed by atoms with van der Waals surface area (Å²) in [5.74, 6) is -0.884. The van der Waals surface area contributed by atoms with Gasteiger partial charge in [0.2, 0.25) is 0 Å². The largest absolute Gasteiger partial charge is 0.477 e. The fourth-order valence-corrected chi connectivity index (χ4v) is 2.46. The van der Waals surface area contributed by atoms with Crippen molar-refractivity contribution in [3.05, 3.63) is 21.9 Å². The van der Waals surface area contributed by atoms with Gasteiger partial charge >= 0.3 is 5.97 Å². The van der Waals surface area contributed by atoms with Crippen molar-refractivity contribution in [2.24, 2.45) is 0 Å². The molecule has 1 aliphatic rings. The van der Waals surface area contributed by atoms with Crippen LogP contribution >= 0.6 is 11.3 Å². The van der Waals surface area contributed by atoms with Crippen LogP contribution in [0.4, 0.5) is 0 Å². The molecular formula is C11H14O4S. The molecule has 0 saturated carbocycles. The highest BCUT2D eigenvalue weighted by Crippen LogP contribution is 2.18. The first kappa shape index (κ1) is 11.6. The van der Waals surface area contributed by atoms with Crippen LogP contribution in [0.2, 0.25) is 0 Å². The quantitative estimate of drug-likeness (QED) is 0.859. The number of ether oxygens (including phenoxy) is 2. The van der Waals surface area contributed by atoms with Crippen LogP contribution in [-0.4, -0.2) is 30.4 Å². The minimum absolute atomic E-state index is 0.187. The smallest absolute Gasteiger partial charge is 0.346 e. The molecule has 88 valence electrons. The molecule has 0 amide bonds. The van der Waals surface area contributed by atoms with E-state index in [9.17, 15) is 4.79 Å². The van der Waals surface area contributed by atoms with Crippen LogP contribution in [0.15, 0.2) is 11.4 Å². The highest BCUT2D eigenvalue weighted by Gasteiger charge is 2.16. The van der Waals surface area contributed by atoms with Crippen molar-refractivity contribution in [3.63, 3.8) is 0 Å². The van der Waals surface area contributed by atoms with E-state index in [0.717, 1.165) is 25.0 Å². The minimum Gasteiger partial charge on any atom is -0.477 e. The van der Waals surface area contributed by atoms with Crippen LogP contribution in [-0.2, 0) is 16.1 Å². The van der Waals surface area contributed by atoms with Crippen LogP contribution in [0, 0.1) is 0 Å². The maximum absolute atomic E-state index is 10.8. The van der Waals surface area contributed by atoms with Crippen LogP contribution in [0.1, 0.15) is 28.1 Å². The second-order valence-corrected chi connectivity index (χ2v) is 4.65. The molecule has 1 unspecified atom stereocenters. The molecule has 2 rings (SSSR count). The molecule has 1 N–H and O–H groups in total. The SMILES string of the molecule is O=C(O)c1sccc1COCC1CCCO1. The Morgan fingerprint density at radius 3 is 3.25 bits per heavy atom. The lowest BCUT2D eigenvalue weighted by atomic mass is 10.2. The zero-order chi connectivity index (χ0) is 11.4. The minimum atomic E-state index is -0.884.